The summed E-state index contributed by atoms with van der Waals surface area (Å²) in [5, 5.41) is 0. The van der Waals surface area contributed by atoms with Gasteiger partial charge in [-0.3, -0.25) is 14.4 Å². The number of carbonyl (C=O) groups excluding carboxylic acids is 3. The first-order valence-electron chi connectivity index (χ1n) is 4.46. The van der Waals surface area contributed by atoms with Gasteiger partial charge in [-0.15, -0.1) is 0 Å². The van der Waals surface area contributed by atoms with Gasteiger partial charge >= 0.3 is 0 Å². The number of ether oxygens (including phenoxy) is 1. The number of carbonyl (C=O) groups is 3. The van der Waals surface area contributed by atoms with Crippen molar-refractivity contribution in [3.05, 3.63) is 0 Å². The zero-order chi connectivity index (χ0) is 12.1. The van der Waals surface area contributed by atoms with Crippen molar-refractivity contribution in [1.29, 1.82) is 0 Å². The van der Waals surface area contributed by atoms with E-state index in [0.717, 1.165) is 0 Å². The van der Waals surface area contributed by atoms with E-state index in [1.165, 1.54) is 0 Å². The van der Waals surface area contributed by atoms with Crippen LogP contribution in [0.4, 0.5) is 0 Å². The van der Waals surface area contributed by atoms with Crippen molar-refractivity contribution in [3.63, 3.8) is 0 Å². The fourth-order valence-corrected chi connectivity index (χ4v) is 1.05. The van der Waals surface area contributed by atoms with Crippen LogP contribution in [0.5, 0.6) is 0 Å². The Hall–Kier alpha value is -1.43. The van der Waals surface area contributed by atoms with Crippen molar-refractivity contribution in [2.24, 2.45) is 11.5 Å². The molecule has 1 unspecified atom stereocenters. The molecule has 86 valence electrons. The van der Waals surface area contributed by atoms with Gasteiger partial charge in [0.1, 0.15) is 5.60 Å². The smallest absolute Gasteiger partial charge is 0.293 e. The molecule has 6 nitrogen and oxygen atoms in total. The lowest BCUT2D eigenvalue weighted by molar-refractivity contribution is -0.144. The molecule has 15 heavy (non-hydrogen) atoms. The van der Waals surface area contributed by atoms with Crippen molar-refractivity contribution in [3.8, 4) is 0 Å². The maximum absolute atomic E-state index is 11.4. The quantitative estimate of drug-likeness (QED) is 0.535. The van der Waals surface area contributed by atoms with Gasteiger partial charge in [0.25, 0.3) is 6.47 Å². The molecule has 6 heteroatoms. The Morgan fingerprint density at radius 2 is 2.00 bits per heavy atom. The van der Waals surface area contributed by atoms with Crippen LogP contribution in [-0.2, 0) is 19.1 Å². The van der Waals surface area contributed by atoms with Crippen LogP contribution >= 0.6 is 0 Å². The second-order valence-corrected chi connectivity index (χ2v) is 3.89. The molecule has 0 heterocycles. The van der Waals surface area contributed by atoms with Gasteiger partial charge < -0.3 is 16.2 Å². The molecule has 0 saturated heterocycles. The van der Waals surface area contributed by atoms with Crippen LogP contribution in [-0.4, -0.2) is 29.8 Å². The minimum absolute atomic E-state index is 0.0415. The highest BCUT2D eigenvalue weighted by Gasteiger charge is 2.27. The first kappa shape index (κ1) is 13.6. The zero-order valence-corrected chi connectivity index (χ0v) is 8.86. The van der Waals surface area contributed by atoms with Gasteiger partial charge in [-0.1, -0.05) is 0 Å². The SMILES string of the molecule is CC(C)(CC(=O)C(N)CC(N)=O)OC=O. The summed E-state index contributed by atoms with van der Waals surface area (Å²) in [5.74, 6) is -0.995. The van der Waals surface area contributed by atoms with Gasteiger partial charge in [0.05, 0.1) is 6.04 Å². The van der Waals surface area contributed by atoms with Crippen LogP contribution in [0, 0.1) is 0 Å². The highest BCUT2D eigenvalue weighted by atomic mass is 16.5. The minimum atomic E-state index is -0.933. The van der Waals surface area contributed by atoms with Crippen LogP contribution in [0.3, 0.4) is 0 Å². The first-order valence-corrected chi connectivity index (χ1v) is 4.46. The second kappa shape index (κ2) is 5.45. The van der Waals surface area contributed by atoms with Crippen LogP contribution in [0.1, 0.15) is 26.7 Å². The lowest BCUT2D eigenvalue weighted by Crippen LogP contribution is -2.39. The first-order chi connectivity index (χ1) is 6.78. The van der Waals surface area contributed by atoms with Gasteiger partial charge in [0, 0.05) is 12.8 Å². The summed E-state index contributed by atoms with van der Waals surface area (Å²) >= 11 is 0. The van der Waals surface area contributed by atoms with E-state index >= 15 is 0 Å². The Bertz CT molecular complexity index is 263. The Morgan fingerprint density at radius 3 is 2.40 bits per heavy atom. The number of amides is 1. The maximum atomic E-state index is 11.4. The van der Waals surface area contributed by atoms with Crippen molar-refractivity contribution in [2.45, 2.75) is 38.3 Å². The van der Waals surface area contributed by atoms with E-state index in [9.17, 15) is 14.4 Å². The Balaban J connectivity index is 4.23. The standard InChI is InChI=1S/C9H16N2O4/c1-9(2,15-5-12)4-7(13)6(10)3-8(11)14/h5-6H,3-4,10H2,1-2H3,(H2,11,14). The fourth-order valence-electron chi connectivity index (χ4n) is 1.05. The third-order valence-electron chi connectivity index (χ3n) is 1.80. The lowest BCUT2D eigenvalue weighted by Gasteiger charge is -2.22. The molecule has 0 spiro atoms. The summed E-state index contributed by atoms with van der Waals surface area (Å²) < 4.78 is 4.68. The molecule has 0 aliphatic carbocycles. The summed E-state index contributed by atoms with van der Waals surface area (Å²) in [5.41, 5.74) is 9.41. The summed E-state index contributed by atoms with van der Waals surface area (Å²) in [7, 11) is 0. The average Bonchev–Trinajstić information content (AvgIpc) is 2.01. The number of ketones is 1. The molecule has 0 radical (unpaired) electrons. The number of Topliss-reactive ketones (excluding diaryl/α,β-unsaturated/α-hetero) is 1. The molecule has 0 bridgehead atoms. The number of rotatable bonds is 7. The molecule has 0 aromatic rings. The van der Waals surface area contributed by atoms with E-state index in [0.29, 0.717) is 0 Å². The monoisotopic (exact) mass is 216 g/mol. The van der Waals surface area contributed by atoms with Crippen molar-refractivity contribution in [2.75, 3.05) is 0 Å². The van der Waals surface area contributed by atoms with E-state index in [1.54, 1.807) is 13.8 Å². The van der Waals surface area contributed by atoms with Crippen LogP contribution in [0.25, 0.3) is 0 Å². The van der Waals surface area contributed by atoms with Crippen LogP contribution in [0.2, 0.25) is 0 Å². The van der Waals surface area contributed by atoms with E-state index < -0.39 is 17.6 Å². The van der Waals surface area contributed by atoms with Crippen molar-refractivity contribution in [1.82, 2.24) is 0 Å². The van der Waals surface area contributed by atoms with Gasteiger partial charge in [0.15, 0.2) is 5.78 Å². The molecular formula is C9H16N2O4. The van der Waals surface area contributed by atoms with Gasteiger partial charge in [-0.2, -0.15) is 0 Å². The number of nitrogens with two attached hydrogens (primary N) is 2. The number of primary amides is 1. The third kappa shape index (κ3) is 5.79. The lowest BCUT2D eigenvalue weighted by atomic mass is 9.96. The predicted octanol–water partition coefficient (Wildman–Crippen LogP) is -0.900. The molecule has 4 N–H and O–H groups in total. The summed E-state index contributed by atoms with van der Waals surface area (Å²) in [6.07, 6.45) is -0.240. The third-order valence-corrected chi connectivity index (χ3v) is 1.80. The molecule has 0 rings (SSSR count). The number of hydrogen-bond acceptors (Lipinski definition) is 5. The van der Waals surface area contributed by atoms with Gasteiger partial charge in [-0.05, 0) is 13.8 Å². The average molecular weight is 216 g/mol. The molecule has 0 fully saturated rings. The number of hydrogen-bond donors (Lipinski definition) is 2. The molecule has 0 aromatic carbocycles. The second-order valence-electron chi connectivity index (χ2n) is 3.89. The fraction of sp³-hybridized carbons (Fsp3) is 0.667. The molecule has 0 aliphatic rings. The summed E-state index contributed by atoms with van der Waals surface area (Å²) in [6, 6.07) is -0.933. The Morgan fingerprint density at radius 1 is 1.47 bits per heavy atom. The van der Waals surface area contributed by atoms with Crippen LogP contribution in [0.15, 0.2) is 0 Å². The largest absolute Gasteiger partial charge is 0.461 e. The van der Waals surface area contributed by atoms with E-state index in [2.05, 4.69) is 4.74 Å². The molecule has 0 aromatic heterocycles. The highest BCUT2D eigenvalue weighted by molar-refractivity contribution is 5.89. The molecule has 1 atom stereocenters. The van der Waals surface area contributed by atoms with Crippen molar-refractivity contribution >= 4 is 18.2 Å². The maximum Gasteiger partial charge on any atom is 0.293 e. The Kier molecular flexibility index (Phi) is 4.93. The van der Waals surface area contributed by atoms with E-state index in [4.69, 9.17) is 11.5 Å². The van der Waals surface area contributed by atoms with E-state index in [1.807, 2.05) is 0 Å². The normalized spacial score (nSPS) is 13.0. The summed E-state index contributed by atoms with van der Waals surface area (Å²) in [6.45, 7) is 3.43. The zero-order valence-electron chi connectivity index (χ0n) is 8.86. The molecular weight excluding hydrogens is 200 g/mol. The van der Waals surface area contributed by atoms with Crippen molar-refractivity contribution < 1.29 is 19.1 Å². The van der Waals surface area contributed by atoms with E-state index in [-0.39, 0.29) is 25.1 Å². The van der Waals surface area contributed by atoms with Crippen LogP contribution < -0.4 is 11.5 Å². The minimum Gasteiger partial charge on any atom is -0.461 e. The van der Waals surface area contributed by atoms with Gasteiger partial charge in [-0.25, -0.2) is 0 Å². The predicted molar refractivity (Wildman–Crippen MR) is 52.6 cm³/mol. The topological polar surface area (TPSA) is 112 Å². The van der Waals surface area contributed by atoms with Gasteiger partial charge in [0.2, 0.25) is 5.91 Å². The summed E-state index contributed by atoms with van der Waals surface area (Å²) in [4.78, 5) is 32.1. The Labute approximate surface area is 87.9 Å². The molecule has 0 saturated carbocycles. The highest BCUT2D eigenvalue weighted by Crippen LogP contribution is 2.14. The molecule has 0 aliphatic heterocycles. The molecule has 1 amide bonds.